The van der Waals surface area contributed by atoms with Gasteiger partial charge in [-0.15, -0.1) is 0 Å². The highest BCUT2D eigenvalue weighted by Crippen LogP contribution is 2.15. The Kier molecular flexibility index (Phi) is 5.51. The summed E-state index contributed by atoms with van der Waals surface area (Å²) < 4.78 is 0. The summed E-state index contributed by atoms with van der Waals surface area (Å²) in [6.07, 6.45) is 0.408. The quantitative estimate of drug-likeness (QED) is 0.821. The minimum absolute atomic E-state index is 0.00322. The molecule has 0 bridgehead atoms. The monoisotopic (exact) mass is 264 g/mol. The Hall–Kier alpha value is -1.88. The topological polar surface area (TPSA) is 69.6 Å². The van der Waals surface area contributed by atoms with Crippen LogP contribution in [0.25, 0.3) is 0 Å². The van der Waals surface area contributed by atoms with E-state index in [-0.39, 0.29) is 17.5 Å². The van der Waals surface area contributed by atoms with Crippen LogP contribution < -0.4 is 10.2 Å². The third kappa shape index (κ3) is 4.37. The summed E-state index contributed by atoms with van der Waals surface area (Å²) in [5, 5.41) is 12.0. The van der Waals surface area contributed by atoms with E-state index in [1.807, 2.05) is 13.8 Å². The molecule has 1 aromatic carbocycles. The Morgan fingerprint density at radius 3 is 2.37 bits per heavy atom. The van der Waals surface area contributed by atoms with Gasteiger partial charge in [0, 0.05) is 25.2 Å². The number of carboxylic acid groups (broad SMARTS) is 1. The van der Waals surface area contributed by atoms with Crippen LogP contribution in [0.5, 0.6) is 0 Å². The van der Waals surface area contributed by atoms with Gasteiger partial charge in [0.05, 0.1) is 5.56 Å². The van der Waals surface area contributed by atoms with Crippen LogP contribution in [0.2, 0.25) is 0 Å². The number of carbonyl (C=O) groups is 2. The first-order valence-corrected chi connectivity index (χ1v) is 6.29. The fourth-order valence-corrected chi connectivity index (χ4v) is 1.79. The predicted octanol–water partition coefficient (Wildman–Crippen LogP) is 1.74. The van der Waals surface area contributed by atoms with Crippen LogP contribution in [-0.4, -0.2) is 36.6 Å². The number of carboxylic acids is 1. The van der Waals surface area contributed by atoms with Crippen molar-refractivity contribution in [2.24, 2.45) is 0 Å². The molecule has 1 rings (SSSR count). The van der Waals surface area contributed by atoms with Crippen molar-refractivity contribution in [3.05, 3.63) is 29.8 Å². The second-order valence-electron chi connectivity index (χ2n) is 4.47. The molecule has 1 atom stereocenters. The van der Waals surface area contributed by atoms with Crippen molar-refractivity contribution < 1.29 is 14.7 Å². The van der Waals surface area contributed by atoms with Crippen molar-refractivity contribution >= 4 is 17.6 Å². The van der Waals surface area contributed by atoms with Crippen molar-refractivity contribution in [3.63, 3.8) is 0 Å². The maximum absolute atomic E-state index is 12.0. The van der Waals surface area contributed by atoms with Gasteiger partial charge < -0.3 is 15.3 Å². The molecule has 0 aliphatic rings. The molecular formula is C14H20N2O3. The Morgan fingerprint density at radius 1 is 1.32 bits per heavy atom. The molecule has 0 radical (unpaired) electrons. The fraction of sp³-hybridized carbons (Fsp3) is 0.429. The number of aromatic carboxylic acids is 1. The maximum atomic E-state index is 12.0. The lowest BCUT2D eigenvalue weighted by molar-refractivity contribution is -0.118. The lowest BCUT2D eigenvalue weighted by Gasteiger charge is -2.20. The molecule has 0 spiro atoms. The average molecular weight is 264 g/mol. The third-order valence-electron chi connectivity index (χ3n) is 2.91. The molecule has 0 aromatic heterocycles. The number of amides is 1. The molecule has 5 nitrogen and oxygen atoms in total. The van der Waals surface area contributed by atoms with E-state index in [2.05, 4.69) is 5.32 Å². The summed E-state index contributed by atoms with van der Waals surface area (Å²) in [6, 6.07) is 6.39. The molecule has 1 amide bonds. The Labute approximate surface area is 113 Å². The van der Waals surface area contributed by atoms with E-state index in [4.69, 9.17) is 5.11 Å². The number of hydrogen-bond donors (Lipinski definition) is 2. The Bertz CT molecular complexity index is 443. The molecular weight excluding hydrogens is 244 g/mol. The lowest BCUT2D eigenvalue weighted by Crippen LogP contribution is -2.34. The summed E-state index contributed by atoms with van der Waals surface area (Å²) >= 11 is 0. The fourth-order valence-electron chi connectivity index (χ4n) is 1.79. The zero-order chi connectivity index (χ0) is 14.4. The Balaban J connectivity index is 2.68. The van der Waals surface area contributed by atoms with Gasteiger partial charge in [-0.3, -0.25) is 4.79 Å². The molecule has 1 unspecified atom stereocenters. The highest BCUT2D eigenvalue weighted by Gasteiger charge is 2.14. The standard InChI is InChI=1S/C14H20N2O3/c1-4-15-10(2)9-13(17)16(3)12-7-5-11(6-8-12)14(18)19/h5-8,10,15H,4,9H2,1-3H3,(H,18,19). The molecule has 19 heavy (non-hydrogen) atoms. The van der Waals surface area contributed by atoms with Crippen LogP contribution >= 0.6 is 0 Å². The maximum Gasteiger partial charge on any atom is 0.335 e. The normalized spacial score (nSPS) is 11.9. The first-order chi connectivity index (χ1) is 8.95. The SMILES string of the molecule is CCNC(C)CC(=O)N(C)c1ccc(C(=O)O)cc1. The Morgan fingerprint density at radius 2 is 1.89 bits per heavy atom. The van der Waals surface area contributed by atoms with Crippen LogP contribution in [0.4, 0.5) is 5.69 Å². The molecule has 0 aliphatic heterocycles. The zero-order valence-corrected chi connectivity index (χ0v) is 11.5. The first-order valence-electron chi connectivity index (χ1n) is 6.29. The summed E-state index contributed by atoms with van der Waals surface area (Å²) in [4.78, 5) is 24.3. The molecule has 0 saturated heterocycles. The molecule has 1 aromatic rings. The van der Waals surface area contributed by atoms with Gasteiger partial charge in [0.25, 0.3) is 0 Å². The van der Waals surface area contributed by atoms with Crippen molar-refractivity contribution in [2.75, 3.05) is 18.5 Å². The number of hydrogen-bond acceptors (Lipinski definition) is 3. The van der Waals surface area contributed by atoms with Gasteiger partial charge in [-0.25, -0.2) is 4.79 Å². The molecule has 0 aliphatic carbocycles. The van der Waals surface area contributed by atoms with Crippen LogP contribution in [0.3, 0.4) is 0 Å². The van der Waals surface area contributed by atoms with E-state index in [0.717, 1.165) is 6.54 Å². The number of rotatable bonds is 6. The van der Waals surface area contributed by atoms with Gasteiger partial charge in [0.15, 0.2) is 0 Å². The van der Waals surface area contributed by atoms with E-state index < -0.39 is 5.97 Å². The summed E-state index contributed by atoms with van der Waals surface area (Å²) in [7, 11) is 1.69. The number of benzene rings is 1. The first kappa shape index (κ1) is 15.2. The van der Waals surface area contributed by atoms with E-state index >= 15 is 0 Å². The molecule has 2 N–H and O–H groups in total. The van der Waals surface area contributed by atoms with Crippen LogP contribution in [0, 0.1) is 0 Å². The van der Waals surface area contributed by atoms with Crippen LogP contribution in [-0.2, 0) is 4.79 Å². The molecule has 0 fully saturated rings. The van der Waals surface area contributed by atoms with Gasteiger partial charge >= 0.3 is 5.97 Å². The lowest BCUT2D eigenvalue weighted by atomic mass is 10.1. The van der Waals surface area contributed by atoms with E-state index in [1.54, 1.807) is 24.1 Å². The number of nitrogens with one attached hydrogen (secondary N) is 1. The van der Waals surface area contributed by atoms with Crippen LogP contribution in [0.1, 0.15) is 30.6 Å². The number of nitrogens with zero attached hydrogens (tertiary/aromatic N) is 1. The minimum Gasteiger partial charge on any atom is -0.478 e. The van der Waals surface area contributed by atoms with E-state index in [1.165, 1.54) is 12.1 Å². The van der Waals surface area contributed by atoms with Gasteiger partial charge in [-0.1, -0.05) is 6.92 Å². The summed E-state index contributed by atoms with van der Waals surface area (Å²) in [5.74, 6) is -0.974. The van der Waals surface area contributed by atoms with Gasteiger partial charge in [-0.2, -0.15) is 0 Å². The number of carbonyl (C=O) groups excluding carboxylic acids is 1. The molecule has 104 valence electrons. The van der Waals surface area contributed by atoms with E-state index in [9.17, 15) is 9.59 Å². The summed E-state index contributed by atoms with van der Waals surface area (Å²) in [6.45, 7) is 4.78. The molecule has 0 saturated carbocycles. The van der Waals surface area contributed by atoms with Crippen molar-refractivity contribution in [1.29, 1.82) is 0 Å². The minimum atomic E-state index is -0.971. The van der Waals surface area contributed by atoms with Crippen molar-refractivity contribution in [3.8, 4) is 0 Å². The second-order valence-corrected chi connectivity index (χ2v) is 4.47. The predicted molar refractivity (Wildman–Crippen MR) is 74.6 cm³/mol. The van der Waals surface area contributed by atoms with Gasteiger partial charge in [0.1, 0.15) is 0 Å². The smallest absolute Gasteiger partial charge is 0.335 e. The second kappa shape index (κ2) is 6.89. The largest absolute Gasteiger partial charge is 0.478 e. The molecule has 5 heteroatoms. The van der Waals surface area contributed by atoms with E-state index in [0.29, 0.717) is 12.1 Å². The van der Waals surface area contributed by atoms with Gasteiger partial charge in [0.2, 0.25) is 5.91 Å². The van der Waals surface area contributed by atoms with Gasteiger partial charge in [-0.05, 0) is 37.7 Å². The third-order valence-corrected chi connectivity index (χ3v) is 2.91. The number of anilines is 1. The highest BCUT2D eigenvalue weighted by atomic mass is 16.4. The van der Waals surface area contributed by atoms with Crippen molar-refractivity contribution in [2.45, 2.75) is 26.3 Å². The summed E-state index contributed by atoms with van der Waals surface area (Å²) in [5.41, 5.74) is 0.907. The van der Waals surface area contributed by atoms with Crippen LogP contribution in [0.15, 0.2) is 24.3 Å². The van der Waals surface area contributed by atoms with Crippen molar-refractivity contribution in [1.82, 2.24) is 5.32 Å². The zero-order valence-electron chi connectivity index (χ0n) is 11.5. The molecule has 0 heterocycles. The highest BCUT2D eigenvalue weighted by molar-refractivity contribution is 5.94. The average Bonchev–Trinajstić information content (AvgIpc) is 2.38.